The van der Waals surface area contributed by atoms with Gasteiger partial charge in [-0.05, 0) is 44.2 Å². The average molecular weight is 320 g/mol. The van der Waals surface area contributed by atoms with Gasteiger partial charge in [-0.1, -0.05) is 0 Å². The zero-order valence-corrected chi connectivity index (χ0v) is 13.9. The van der Waals surface area contributed by atoms with Gasteiger partial charge in [-0.2, -0.15) is 0 Å². The Morgan fingerprint density at radius 2 is 1.79 bits per heavy atom. The number of morpholine rings is 1. The summed E-state index contributed by atoms with van der Waals surface area (Å²) in [6.45, 7) is 5.88. The minimum atomic E-state index is 0.187. The van der Waals surface area contributed by atoms with Crippen molar-refractivity contribution >= 4 is 16.7 Å². The van der Waals surface area contributed by atoms with E-state index in [2.05, 4.69) is 34.8 Å². The van der Waals surface area contributed by atoms with Crippen LogP contribution in [-0.4, -0.2) is 40.2 Å². The second-order valence-electron chi connectivity index (χ2n) is 6.30. The molecule has 5 heteroatoms. The molecule has 5 nitrogen and oxygen atoms in total. The van der Waals surface area contributed by atoms with Crippen LogP contribution in [0.2, 0.25) is 0 Å². The molecular weight excluding hydrogens is 300 g/mol. The van der Waals surface area contributed by atoms with Gasteiger partial charge < -0.3 is 9.64 Å². The fourth-order valence-electron chi connectivity index (χ4n) is 3.32. The topological polar surface area (TPSA) is 51.1 Å². The summed E-state index contributed by atoms with van der Waals surface area (Å²) >= 11 is 0. The maximum atomic E-state index is 5.87. The smallest absolute Gasteiger partial charge is 0.138 e. The first kappa shape index (κ1) is 15.0. The lowest BCUT2D eigenvalue weighted by Crippen LogP contribution is -2.46. The van der Waals surface area contributed by atoms with Gasteiger partial charge in [0.05, 0.1) is 23.4 Å². The van der Waals surface area contributed by atoms with Crippen molar-refractivity contribution in [1.82, 2.24) is 15.0 Å². The quantitative estimate of drug-likeness (QED) is 0.725. The molecule has 0 amide bonds. The normalized spacial score (nSPS) is 21.2. The molecule has 1 saturated heterocycles. The molecule has 0 N–H and O–H groups in total. The minimum absolute atomic E-state index is 0.187. The van der Waals surface area contributed by atoms with Crippen LogP contribution in [-0.2, 0) is 4.74 Å². The summed E-state index contributed by atoms with van der Waals surface area (Å²) < 4.78 is 5.87. The maximum Gasteiger partial charge on any atom is 0.138 e. The van der Waals surface area contributed by atoms with Crippen LogP contribution >= 0.6 is 0 Å². The Hall–Kier alpha value is -2.53. The highest BCUT2D eigenvalue weighted by molar-refractivity contribution is 5.92. The Balaban J connectivity index is 1.87. The first-order valence-corrected chi connectivity index (χ1v) is 8.27. The number of rotatable bonds is 2. The van der Waals surface area contributed by atoms with Crippen molar-refractivity contribution in [3.63, 3.8) is 0 Å². The molecule has 24 heavy (non-hydrogen) atoms. The fourth-order valence-corrected chi connectivity index (χ4v) is 3.32. The first-order valence-electron chi connectivity index (χ1n) is 8.27. The van der Waals surface area contributed by atoms with E-state index >= 15 is 0 Å². The number of hydrogen-bond acceptors (Lipinski definition) is 5. The molecule has 3 aromatic heterocycles. The molecule has 0 bridgehead atoms. The van der Waals surface area contributed by atoms with E-state index < -0.39 is 0 Å². The average Bonchev–Trinajstić information content (AvgIpc) is 2.60. The van der Waals surface area contributed by atoms with E-state index in [1.54, 1.807) is 12.4 Å². The molecule has 0 radical (unpaired) electrons. The Kier molecular flexibility index (Phi) is 3.86. The van der Waals surface area contributed by atoms with E-state index in [1.807, 2.05) is 30.5 Å². The molecule has 3 aromatic rings. The van der Waals surface area contributed by atoms with Crippen LogP contribution in [0.4, 0.5) is 5.82 Å². The van der Waals surface area contributed by atoms with Crippen LogP contribution in [0, 0.1) is 0 Å². The maximum absolute atomic E-state index is 5.87. The van der Waals surface area contributed by atoms with Crippen molar-refractivity contribution in [1.29, 1.82) is 0 Å². The van der Waals surface area contributed by atoms with E-state index in [4.69, 9.17) is 9.72 Å². The van der Waals surface area contributed by atoms with Crippen LogP contribution < -0.4 is 4.90 Å². The highest BCUT2D eigenvalue weighted by atomic mass is 16.5. The summed E-state index contributed by atoms with van der Waals surface area (Å²) in [4.78, 5) is 15.9. The van der Waals surface area contributed by atoms with E-state index in [0.717, 1.165) is 41.1 Å². The van der Waals surface area contributed by atoms with Crippen molar-refractivity contribution in [2.75, 3.05) is 18.0 Å². The Bertz CT molecular complexity index is 842. The Morgan fingerprint density at radius 3 is 2.54 bits per heavy atom. The largest absolute Gasteiger partial charge is 0.372 e. The molecule has 1 fully saturated rings. The molecule has 1 aliphatic rings. The molecule has 2 atom stereocenters. The SMILES string of the molecule is CC1CN(c2nc(-c3ccncc3)cc3ncccc23)CC(C)O1. The number of anilines is 1. The first-order chi connectivity index (χ1) is 11.7. The summed E-state index contributed by atoms with van der Waals surface area (Å²) in [6, 6.07) is 10.1. The third-order valence-electron chi connectivity index (χ3n) is 4.27. The summed E-state index contributed by atoms with van der Waals surface area (Å²) in [5.74, 6) is 0.981. The zero-order chi connectivity index (χ0) is 16.5. The molecule has 1 aliphatic heterocycles. The van der Waals surface area contributed by atoms with Crippen molar-refractivity contribution in [3.8, 4) is 11.3 Å². The second-order valence-corrected chi connectivity index (χ2v) is 6.30. The summed E-state index contributed by atoms with van der Waals surface area (Å²) in [7, 11) is 0. The molecule has 4 heterocycles. The van der Waals surface area contributed by atoms with Gasteiger partial charge in [0.1, 0.15) is 5.82 Å². The van der Waals surface area contributed by atoms with Crippen LogP contribution in [0.25, 0.3) is 22.2 Å². The second kappa shape index (κ2) is 6.17. The highest BCUT2D eigenvalue weighted by Gasteiger charge is 2.25. The molecule has 0 spiro atoms. The number of fused-ring (bicyclic) bond motifs is 1. The molecule has 0 aliphatic carbocycles. The van der Waals surface area contributed by atoms with Crippen LogP contribution in [0.1, 0.15) is 13.8 Å². The van der Waals surface area contributed by atoms with E-state index in [1.165, 1.54) is 0 Å². The van der Waals surface area contributed by atoms with Crippen LogP contribution in [0.15, 0.2) is 48.9 Å². The predicted octanol–water partition coefficient (Wildman–Crippen LogP) is 3.31. The predicted molar refractivity (Wildman–Crippen MR) is 95.0 cm³/mol. The summed E-state index contributed by atoms with van der Waals surface area (Å²) in [6.07, 6.45) is 5.78. The lowest BCUT2D eigenvalue weighted by Gasteiger charge is -2.36. The van der Waals surface area contributed by atoms with Crippen LogP contribution in [0.3, 0.4) is 0 Å². The summed E-state index contributed by atoms with van der Waals surface area (Å²) in [5.41, 5.74) is 2.93. The molecular formula is C19H20N4O. The van der Waals surface area contributed by atoms with Gasteiger partial charge in [0.15, 0.2) is 0 Å². The van der Waals surface area contributed by atoms with Gasteiger partial charge in [0.2, 0.25) is 0 Å². The fraction of sp³-hybridized carbons (Fsp3) is 0.316. The van der Waals surface area contributed by atoms with E-state index in [0.29, 0.717) is 0 Å². The molecule has 0 saturated carbocycles. The van der Waals surface area contributed by atoms with Gasteiger partial charge in [0, 0.05) is 42.6 Å². The Morgan fingerprint density at radius 1 is 1.04 bits per heavy atom. The van der Waals surface area contributed by atoms with Gasteiger partial charge in [-0.15, -0.1) is 0 Å². The van der Waals surface area contributed by atoms with Gasteiger partial charge in [0.25, 0.3) is 0 Å². The lowest BCUT2D eigenvalue weighted by molar-refractivity contribution is -0.00536. The minimum Gasteiger partial charge on any atom is -0.372 e. The molecule has 0 aromatic carbocycles. The lowest BCUT2D eigenvalue weighted by atomic mass is 10.1. The van der Waals surface area contributed by atoms with Gasteiger partial charge in [-0.3, -0.25) is 9.97 Å². The molecule has 4 rings (SSSR count). The number of ether oxygens (including phenoxy) is 1. The van der Waals surface area contributed by atoms with Gasteiger partial charge >= 0.3 is 0 Å². The third-order valence-corrected chi connectivity index (χ3v) is 4.27. The third kappa shape index (κ3) is 2.83. The van der Waals surface area contributed by atoms with Crippen molar-refractivity contribution in [2.24, 2.45) is 0 Å². The Labute approximate surface area is 141 Å². The highest BCUT2D eigenvalue weighted by Crippen LogP contribution is 2.30. The van der Waals surface area contributed by atoms with E-state index in [-0.39, 0.29) is 12.2 Å². The number of pyridine rings is 3. The monoisotopic (exact) mass is 320 g/mol. The summed E-state index contributed by atoms with van der Waals surface area (Å²) in [5, 5.41) is 1.08. The van der Waals surface area contributed by atoms with Gasteiger partial charge in [-0.25, -0.2) is 4.98 Å². The van der Waals surface area contributed by atoms with Crippen molar-refractivity contribution in [3.05, 3.63) is 48.9 Å². The van der Waals surface area contributed by atoms with Crippen molar-refractivity contribution in [2.45, 2.75) is 26.1 Å². The van der Waals surface area contributed by atoms with Crippen LogP contribution in [0.5, 0.6) is 0 Å². The standard InChI is InChI=1S/C19H20N4O/c1-13-11-23(12-14(2)24-13)19-16-4-3-7-21-18(16)10-17(22-19)15-5-8-20-9-6-15/h3-10,13-14H,11-12H2,1-2H3. The number of nitrogens with zero attached hydrogens (tertiary/aromatic N) is 4. The molecule has 2 unspecified atom stereocenters. The zero-order valence-electron chi connectivity index (χ0n) is 13.9. The number of aromatic nitrogens is 3. The molecule has 122 valence electrons. The number of hydrogen-bond donors (Lipinski definition) is 0. The van der Waals surface area contributed by atoms with E-state index in [9.17, 15) is 0 Å². The van der Waals surface area contributed by atoms with Crippen molar-refractivity contribution < 1.29 is 4.74 Å².